The first-order chi connectivity index (χ1) is 7.22. The molecule has 78 valence electrons. The lowest BCUT2D eigenvalue weighted by Crippen LogP contribution is -1.81. The molecule has 2 rings (SSSR count). The average molecular weight is 262 g/mol. The van der Waals surface area contributed by atoms with Crippen LogP contribution in [0.15, 0.2) is 24.4 Å². The average Bonchev–Trinajstić information content (AvgIpc) is 2.66. The molecule has 0 fully saturated rings. The van der Waals surface area contributed by atoms with Gasteiger partial charge in [-0.2, -0.15) is 0 Å². The molecule has 15 heavy (non-hydrogen) atoms. The van der Waals surface area contributed by atoms with E-state index in [1.807, 2.05) is 0 Å². The number of hydrogen-bond donors (Lipinski definition) is 0. The van der Waals surface area contributed by atoms with E-state index in [-0.39, 0.29) is 5.82 Å². The molecule has 0 spiro atoms. The van der Waals surface area contributed by atoms with Crippen molar-refractivity contribution in [3.63, 3.8) is 0 Å². The van der Waals surface area contributed by atoms with Crippen LogP contribution in [0, 0.1) is 5.82 Å². The standard InChI is InChI=1S/C10H6Cl2FNS/c11-4-9-14-5-8(15-9)10-6(12)2-1-3-7(10)13/h1-3,5H,4H2. The Morgan fingerprint density at radius 3 is 2.80 bits per heavy atom. The molecule has 0 unspecified atom stereocenters. The van der Waals surface area contributed by atoms with Crippen LogP contribution in [-0.4, -0.2) is 4.98 Å². The highest BCUT2D eigenvalue weighted by atomic mass is 35.5. The van der Waals surface area contributed by atoms with Gasteiger partial charge in [-0.05, 0) is 12.1 Å². The van der Waals surface area contributed by atoms with E-state index in [2.05, 4.69) is 4.98 Å². The lowest BCUT2D eigenvalue weighted by Gasteiger charge is -2.01. The summed E-state index contributed by atoms with van der Waals surface area (Å²) >= 11 is 12.9. The summed E-state index contributed by atoms with van der Waals surface area (Å²) in [5.74, 6) is -0.0104. The third kappa shape index (κ3) is 2.14. The minimum absolute atomic E-state index is 0.330. The SMILES string of the molecule is Fc1cccc(Cl)c1-c1cnc(CCl)s1. The lowest BCUT2D eigenvalue weighted by atomic mass is 10.2. The Bertz CT molecular complexity index is 464. The first-order valence-corrected chi connectivity index (χ1v) is 5.90. The van der Waals surface area contributed by atoms with Gasteiger partial charge in [-0.25, -0.2) is 9.37 Å². The Morgan fingerprint density at radius 1 is 1.40 bits per heavy atom. The highest BCUT2D eigenvalue weighted by Gasteiger charge is 2.12. The first-order valence-electron chi connectivity index (χ1n) is 4.17. The van der Waals surface area contributed by atoms with E-state index in [1.165, 1.54) is 17.4 Å². The fourth-order valence-electron chi connectivity index (χ4n) is 1.22. The normalized spacial score (nSPS) is 10.6. The largest absolute Gasteiger partial charge is 0.248 e. The number of thiazole rings is 1. The Labute approximate surface area is 100 Å². The maximum Gasteiger partial charge on any atom is 0.133 e. The van der Waals surface area contributed by atoms with Crippen LogP contribution in [0.4, 0.5) is 4.39 Å². The molecule has 0 bridgehead atoms. The first kappa shape index (κ1) is 10.9. The van der Waals surface area contributed by atoms with Crippen molar-refractivity contribution >= 4 is 34.5 Å². The number of rotatable bonds is 2. The summed E-state index contributed by atoms with van der Waals surface area (Å²) < 4.78 is 13.5. The second-order valence-corrected chi connectivity index (χ2v) is 4.64. The molecule has 0 radical (unpaired) electrons. The van der Waals surface area contributed by atoms with Gasteiger partial charge in [0.15, 0.2) is 0 Å². The number of nitrogens with zero attached hydrogens (tertiary/aromatic N) is 1. The second-order valence-electron chi connectivity index (χ2n) is 2.85. The van der Waals surface area contributed by atoms with Gasteiger partial charge in [0.2, 0.25) is 0 Å². The van der Waals surface area contributed by atoms with Crippen molar-refractivity contribution in [2.45, 2.75) is 5.88 Å². The fourth-order valence-corrected chi connectivity index (χ4v) is 2.60. The maximum atomic E-state index is 13.5. The van der Waals surface area contributed by atoms with Crippen molar-refractivity contribution < 1.29 is 4.39 Å². The van der Waals surface area contributed by atoms with Gasteiger partial charge in [0.1, 0.15) is 10.8 Å². The van der Waals surface area contributed by atoms with E-state index in [0.29, 0.717) is 21.3 Å². The second kappa shape index (κ2) is 4.47. The van der Waals surface area contributed by atoms with Crippen LogP contribution < -0.4 is 0 Å². The van der Waals surface area contributed by atoms with E-state index < -0.39 is 0 Å². The Morgan fingerprint density at radius 2 is 2.20 bits per heavy atom. The number of aromatic nitrogens is 1. The number of hydrogen-bond acceptors (Lipinski definition) is 2. The molecule has 1 aromatic heterocycles. The highest BCUT2D eigenvalue weighted by molar-refractivity contribution is 7.15. The van der Waals surface area contributed by atoms with Crippen LogP contribution in [0.1, 0.15) is 5.01 Å². The maximum absolute atomic E-state index is 13.5. The molecule has 0 aliphatic rings. The van der Waals surface area contributed by atoms with Crippen molar-refractivity contribution in [2.75, 3.05) is 0 Å². The van der Waals surface area contributed by atoms with Crippen molar-refractivity contribution in [3.05, 3.63) is 40.2 Å². The molecule has 0 aliphatic heterocycles. The van der Waals surface area contributed by atoms with Gasteiger partial charge >= 0.3 is 0 Å². The smallest absolute Gasteiger partial charge is 0.133 e. The molecule has 0 atom stereocenters. The summed E-state index contributed by atoms with van der Waals surface area (Å²) in [5.41, 5.74) is 0.396. The summed E-state index contributed by atoms with van der Waals surface area (Å²) in [6, 6.07) is 4.60. The Kier molecular flexibility index (Phi) is 3.24. The van der Waals surface area contributed by atoms with Crippen LogP contribution >= 0.6 is 34.5 Å². The highest BCUT2D eigenvalue weighted by Crippen LogP contribution is 2.34. The summed E-state index contributed by atoms with van der Waals surface area (Å²) in [4.78, 5) is 4.76. The van der Waals surface area contributed by atoms with E-state index in [0.717, 1.165) is 5.01 Å². The van der Waals surface area contributed by atoms with E-state index >= 15 is 0 Å². The molecule has 0 N–H and O–H groups in total. The van der Waals surface area contributed by atoms with Crippen LogP contribution in [-0.2, 0) is 5.88 Å². The summed E-state index contributed by atoms with van der Waals surface area (Å²) in [5, 5.41) is 1.14. The van der Waals surface area contributed by atoms with E-state index in [9.17, 15) is 4.39 Å². The van der Waals surface area contributed by atoms with Gasteiger partial charge in [0.25, 0.3) is 0 Å². The number of benzene rings is 1. The van der Waals surface area contributed by atoms with Crippen molar-refractivity contribution in [3.8, 4) is 10.4 Å². The van der Waals surface area contributed by atoms with E-state index in [4.69, 9.17) is 23.2 Å². The molecule has 0 amide bonds. The van der Waals surface area contributed by atoms with Gasteiger partial charge < -0.3 is 0 Å². The summed E-state index contributed by atoms with van der Waals surface area (Å²) in [6.07, 6.45) is 1.59. The van der Waals surface area contributed by atoms with Crippen LogP contribution in [0.5, 0.6) is 0 Å². The van der Waals surface area contributed by atoms with Crippen LogP contribution in [0.25, 0.3) is 10.4 Å². The predicted molar refractivity (Wildman–Crippen MR) is 62.1 cm³/mol. The zero-order valence-electron chi connectivity index (χ0n) is 7.51. The molecular weight excluding hydrogens is 256 g/mol. The van der Waals surface area contributed by atoms with Gasteiger partial charge in [-0.15, -0.1) is 22.9 Å². The Hall–Kier alpha value is -0.640. The molecule has 1 nitrogen and oxygen atoms in total. The summed E-state index contributed by atoms with van der Waals surface area (Å²) in [6.45, 7) is 0. The number of halogens is 3. The van der Waals surface area contributed by atoms with Crippen molar-refractivity contribution in [1.29, 1.82) is 0 Å². The zero-order valence-corrected chi connectivity index (χ0v) is 9.83. The minimum atomic E-state index is -0.340. The molecule has 1 heterocycles. The molecule has 0 saturated heterocycles. The fraction of sp³-hybridized carbons (Fsp3) is 0.100. The lowest BCUT2D eigenvalue weighted by molar-refractivity contribution is 0.632. The molecule has 0 aliphatic carbocycles. The minimum Gasteiger partial charge on any atom is -0.248 e. The van der Waals surface area contributed by atoms with Gasteiger partial charge in [0, 0.05) is 11.8 Å². The molecule has 1 aromatic carbocycles. The third-order valence-electron chi connectivity index (χ3n) is 1.88. The number of alkyl halides is 1. The topological polar surface area (TPSA) is 12.9 Å². The van der Waals surface area contributed by atoms with Crippen molar-refractivity contribution in [2.24, 2.45) is 0 Å². The van der Waals surface area contributed by atoms with Gasteiger partial charge in [-0.1, -0.05) is 17.7 Å². The molecule has 0 saturated carbocycles. The van der Waals surface area contributed by atoms with Gasteiger partial charge in [-0.3, -0.25) is 0 Å². The van der Waals surface area contributed by atoms with Crippen LogP contribution in [0.3, 0.4) is 0 Å². The predicted octanol–water partition coefficient (Wildman–Crippen LogP) is 4.34. The van der Waals surface area contributed by atoms with Crippen molar-refractivity contribution in [1.82, 2.24) is 4.98 Å². The third-order valence-corrected chi connectivity index (χ3v) is 3.62. The zero-order chi connectivity index (χ0) is 10.8. The summed E-state index contributed by atoms with van der Waals surface area (Å²) in [7, 11) is 0. The quantitative estimate of drug-likeness (QED) is 0.733. The Balaban J connectivity index is 2.53. The van der Waals surface area contributed by atoms with E-state index in [1.54, 1.807) is 18.3 Å². The molecular formula is C10H6Cl2FNS. The van der Waals surface area contributed by atoms with Crippen LogP contribution in [0.2, 0.25) is 5.02 Å². The molecule has 5 heteroatoms. The van der Waals surface area contributed by atoms with Gasteiger partial charge in [0.05, 0.1) is 15.8 Å². The monoisotopic (exact) mass is 261 g/mol. The molecule has 2 aromatic rings.